The number of aliphatic hydroxyl groups is 1. The summed E-state index contributed by atoms with van der Waals surface area (Å²) < 4.78 is 26.6. The van der Waals surface area contributed by atoms with Gasteiger partial charge in [0.15, 0.2) is 0 Å². The van der Waals surface area contributed by atoms with Crippen LogP contribution in [0.3, 0.4) is 0 Å². The third kappa shape index (κ3) is 3.31. The molecule has 3 nitrogen and oxygen atoms in total. The van der Waals surface area contributed by atoms with Gasteiger partial charge in [-0.25, -0.2) is 8.78 Å². The van der Waals surface area contributed by atoms with Crippen LogP contribution < -0.4 is 5.32 Å². The minimum Gasteiger partial charge on any atom is -0.387 e. The zero-order valence-corrected chi connectivity index (χ0v) is 10.5. The molecule has 1 unspecified atom stereocenters. The molecule has 0 aliphatic carbocycles. The average molecular weight is 274 g/mol. The fourth-order valence-electron chi connectivity index (χ4n) is 1.77. The summed E-state index contributed by atoms with van der Waals surface area (Å²) in [5, 5.41) is 21.3. The highest BCUT2D eigenvalue weighted by Crippen LogP contribution is 2.18. The molecular formula is C15H12F2N2O. The van der Waals surface area contributed by atoms with Gasteiger partial charge < -0.3 is 10.4 Å². The molecule has 0 fully saturated rings. The van der Waals surface area contributed by atoms with Crippen LogP contribution in [0.25, 0.3) is 0 Å². The van der Waals surface area contributed by atoms with Crippen molar-refractivity contribution >= 4 is 5.69 Å². The highest BCUT2D eigenvalue weighted by molar-refractivity contribution is 5.49. The van der Waals surface area contributed by atoms with Gasteiger partial charge in [-0.05, 0) is 35.9 Å². The number of nitrogens with one attached hydrogen (secondary N) is 1. The lowest BCUT2D eigenvalue weighted by molar-refractivity contribution is 0.191. The van der Waals surface area contributed by atoms with Gasteiger partial charge >= 0.3 is 0 Å². The van der Waals surface area contributed by atoms with Gasteiger partial charge in [0.1, 0.15) is 11.6 Å². The molecule has 0 saturated carbocycles. The Morgan fingerprint density at radius 2 is 2.00 bits per heavy atom. The van der Waals surface area contributed by atoms with E-state index in [4.69, 9.17) is 5.26 Å². The van der Waals surface area contributed by atoms with Gasteiger partial charge in [-0.1, -0.05) is 12.1 Å². The summed E-state index contributed by atoms with van der Waals surface area (Å²) >= 11 is 0. The summed E-state index contributed by atoms with van der Waals surface area (Å²) in [6, 6.07) is 11.4. The second-order valence-electron chi connectivity index (χ2n) is 4.26. The summed E-state index contributed by atoms with van der Waals surface area (Å²) in [5.41, 5.74) is 0.810. The molecule has 0 aliphatic heterocycles. The smallest absolute Gasteiger partial charge is 0.147 e. The molecule has 0 saturated heterocycles. The van der Waals surface area contributed by atoms with Crippen LogP contribution in [0.5, 0.6) is 0 Å². The maximum absolute atomic E-state index is 13.6. The van der Waals surface area contributed by atoms with Crippen LogP contribution >= 0.6 is 0 Å². The number of aliphatic hydroxyl groups excluding tert-OH is 1. The van der Waals surface area contributed by atoms with Crippen molar-refractivity contribution in [2.24, 2.45) is 0 Å². The highest BCUT2D eigenvalue weighted by atomic mass is 19.1. The molecule has 0 heterocycles. The monoisotopic (exact) mass is 274 g/mol. The van der Waals surface area contributed by atoms with Crippen LogP contribution in [-0.4, -0.2) is 11.7 Å². The largest absolute Gasteiger partial charge is 0.387 e. The standard InChI is InChI=1S/C15H12F2N2O/c16-12-3-1-2-11(7-12)15(20)9-19-14-5-4-10(8-18)6-13(14)17/h1-7,15,19-20H,9H2. The number of halogens is 2. The minimum absolute atomic E-state index is 0.0340. The summed E-state index contributed by atoms with van der Waals surface area (Å²) in [4.78, 5) is 0. The Morgan fingerprint density at radius 1 is 1.20 bits per heavy atom. The van der Waals surface area contributed by atoms with Gasteiger partial charge in [-0.3, -0.25) is 0 Å². The number of benzene rings is 2. The lowest BCUT2D eigenvalue weighted by Crippen LogP contribution is -2.13. The van der Waals surface area contributed by atoms with Crippen molar-refractivity contribution in [3.05, 3.63) is 65.2 Å². The summed E-state index contributed by atoms with van der Waals surface area (Å²) in [5.74, 6) is -1.01. The Kier molecular flexibility index (Phi) is 4.28. The van der Waals surface area contributed by atoms with Crippen LogP contribution in [0.4, 0.5) is 14.5 Å². The van der Waals surface area contributed by atoms with E-state index in [0.717, 1.165) is 6.07 Å². The Hall–Kier alpha value is -2.45. The molecule has 0 radical (unpaired) electrons. The second-order valence-corrected chi connectivity index (χ2v) is 4.26. The fourth-order valence-corrected chi connectivity index (χ4v) is 1.77. The van der Waals surface area contributed by atoms with E-state index in [9.17, 15) is 13.9 Å². The van der Waals surface area contributed by atoms with Gasteiger partial charge in [0.25, 0.3) is 0 Å². The van der Waals surface area contributed by atoms with E-state index in [-0.39, 0.29) is 17.8 Å². The Balaban J connectivity index is 2.04. The number of hydrogen-bond acceptors (Lipinski definition) is 3. The Morgan fingerprint density at radius 3 is 2.65 bits per heavy atom. The molecular weight excluding hydrogens is 262 g/mol. The number of nitrogens with zero attached hydrogens (tertiary/aromatic N) is 1. The summed E-state index contributed by atoms with van der Waals surface area (Å²) in [6.45, 7) is 0.0340. The first-order valence-electron chi connectivity index (χ1n) is 5.97. The quantitative estimate of drug-likeness (QED) is 0.901. The van der Waals surface area contributed by atoms with E-state index in [1.807, 2.05) is 6.07 Å². The molecule has 2 aromatic rings. The number of hydrogen-bond donors (Lipinski definition) is 2. The molecule has 2 rings (SSSR count). The molecule has 0 spiro atoms. The van der Waals surface area contributed by atoms with Crippen molar-refractivity contribution in [3.8, 4) is 6.07 Å². The summed E-state index contributed by atoms with van der Waals surface area (Å²) in [7, 11) is 0. The predicted octanol–water partition coefficient (Wildman–Crippen LogP) is 2.98. The maximum atomic E-state index is 13.6. The molecule has 0 bridgehead atoms. The third-order valence-corrected chi connectivity index (χ3v) is 2.82. The first-order valence-corrected chi connectivity index (χ1v) is 5.97. The summed E-state index contributed by atoms with van der Waals surface area (Å²) in [6.07, 6.45) is -0.958. The first kappa shape index (κ1) is 14.0. The predicted molar refractivity (Wildman–Crippen MR) is 71.0 cm³/mol. The first-order chi connectivity index (χ1) is 9.60. The SMILES string of the molecule is N#Cc1ccc(NCC(O)c2cccc(F)c2)c(F)c1. The maximum Gasteiger partial charge on any atom is 0.147 e. The van der Waals surface area contributed by atoms with Crippen LogP contribution in [0.1, 0.15) is 17.2 Å². The molecule has 0 amide bonds. The molecule has 1 atom stereocenters. The fraction of sp³-hybridized carbons (Fsp3) is 0.133. The van der Waals surface area contributed by atoms with Crippen molar-refractivity contribution in [3.63, 3.8) is 0 Å². The van der Waals surface area contributed by atoms with E-state index in [2.05, 4.69) is 5.32 Å². The molecule has 0 aliphatic rings. The van der Waals surface area contributed by atoms with Gasteiger partial charge in [0.05, 0.1) is 23.4 Å². The number of anilines is 1. The van der Waals surface area contributed by atoms with Gasteiger partial charge in [-0.15, -0.1) is 0 Å². The van der Waals surface area contributed by atoms with E-state index < -0.39 is 17.7 Å². The lowest BCUT2D eigenvalue weighted by Gasteiger charge is -2.13. The minimum atomic E-state index is -0.958. The molecule has 20 heavy (non-hydrogen) atoms. The van der Waals surface area contributed by atoms with Crippen LogP contribution in [0.15, 0.2) is 42.5 Å². The van der Waals surface area contributed by atoms with Crippen molar-refractivity contribution in [2.45, 2.75) is 6.10 Å². The van der Waals surface area contributed by atoms with E-state index >= 15 is 0 Å². The highest BCUT2D eigenvalue weighted by Gasteiger charge is 2.10. The van der Waals surface area contributed by atoms with Crippen LogP contribution in [0.2, 0.25) is 0 Å². The molecule has 2 aromatic carbocycles. The van der Waals surface area contributed by atoms with E-state index in [0.29, 0.717) is 5.56 Å². The zero-order valence-electron chi connectivity index (χ0n) is 10.5. The molecule has 5 heteroatoms. The zero-order chi connectivity index (χ0) is 14.5. The van der Waals surface area contributed by atoms with E-state index in [1.165, 1.54) is 30.3 Å². The number of rotatable bonds is 4. The van der Waals surface area contributed by atoms with Crippen molar-refractivity contribution < 1.29 is 13.9 Å². The lowest BCUT2D eigenvalue weighted by atomic mass is 10.1. The Bertz CT molecular complexity index is 653. The van der Waals surface area contributed by atoms with Gasteiger partial charge in [0.2, 0.25) is 0 Å². The molecule has 102 valence electrons. The second kappa shape index (κ2) is 6.13. The van der Waals surface area contributed by atoms with Crippen molar-refractivity contribution in [2.75, 3.05) is 11.9 Å². The average Bonchev–Trinajstić information content (AvgIpc) is 2.45. The third-order valence-electron chi connectivity index (χ3n) is 2.82. The van der Waals surface area contributed by atoms with Crippen molar-refractivity contribution in [1.29, 1.82) is 5.26 Å². The number of nitriles is 1. The molecule has 2 N–H and O–H groups in total. The van der Waals surface area contributed by atoms with Crippen molar-refractivity contribution in [1.82, 2.24) is 0 Å². The van der Waals surface area contributed by atoms with Crippen LogP contribution in [-0.2, 0) is 0 Å². The Labute approximate surface area is 115 Å². The topological polar surface area (TPSA) is 56.0 Å². The van der Waals surface area contributed by atoms with Crippen LogP contribution in [0, 0.1) is 23.0 Å². The molecule has 0 aromatic heterocycles. The van der Waals surface area contributed by atoms with Gasteiger partial charge in [0, 0.05) is 6.54 Å². The van der Waals surface area contributed by atoms with E-state index in [1.54, 1.807) is 6.07 Å². The van der Waals surface area contributed by atoms with Gasteiger partial charge in [-0.2, -0.15) is 5.26 Å². The normalized spacial score (nSPS) is 11.7.